The SMILES string of the molecule is Br.CC(C)(C)C(=O)Cn1c(NCCCO)nc2ccccc21. The Morgan fingerprint density at radius 3 is 2.64 bits per heavy atom. The van der Waals surface area contributed by atoms with Gasteiger partial charge in [-0.3, -0.25) is 4.79 Å². The van der Waals surface area contributed by atoms with Gasteiger partial charge < -0.3 is 15.0 Å². The van der Waals surface area contributed by atoms with Crippen molar-refractivity contribution in [2.75, 3.05) is 18.5 Å². The quantitative estimate of drug-likeness (QED) is 0.767. The summed E-state index contributed by atoms with van der Waals surface area (Å²) in [4.78, 5) is 16.9. The van der Waals surface area contributed by atoms with E-state index in [1.54, 1.807) is 0 Å². The monoisotopic (exact) mass is 369 g/mol. The maximum atomic E-state index is 12.3. The molecule has 0 saturated heterocycles. The number of hydrogen-bond acceptors (Lipinski definition) is 4. The molecule has 0 atom stereocenters. The molecular weight excluding hydrogens is 346 g/mol. The standard InChI is InChI=1S/C16H23N3O2.BrH/c1-16(2,3)14(21)11-19-13-8-5-4-7-12(13)18-15(19)17-9-6-10-20;/h4-5,7-8,20H,6,9-11H2,1-3H3,(H,17,18);1H. The minimum absolute atomic E-state index is 0. The highest BCUT2D eigenvalue weighted by Gasteiger charge is 2.23. The van der Waals surface area contributed by atoms with Gasteiger partial charge in [0.05, 0.1) is 17.6 Å². The Morgan fingerprint density at radius 1 is 1.32 bits per heavy atom. The molecule has 6 heteroatoms. The number of aliphatic hydroxyl groups is 1. The Labute approximate surface area is 141 Å². The summed E-state index contributed by atoms with van der Waals surface area (Å²) in [6.07, 6.45) is 0.649. The Bertz CT molecular complexity index is 632. The molecule has 1 aromatic carbocycles. The van der Waals surface area contributed by atoms with Crippen molar-refractivity contribution in [3.63, 3.8) is 0 Å². The Hall–Kier alpha value is -1.40. The first kappa shape index (κ1) is 18.6. The molecule has 0 bridgehead atoms. The molecule has 1 aromatic heterocycles. The van der Waals surface area contributed by atoms with Crippen LogP contribution in [0.15, 0.2) is 24.3 Å². The summed E-state index contributed by atoms with van der Waals surface area (Å²) < 4.78 is 1.92. The highest BCUT2D eigenvalue weighted by Crippen LogP contribution is 2.23. The van der Waals surface area contributed by atoms with E-state index < -0.39 is 0 Å². The third-order valence-corrected chi connectivity index (χ3v) is 3.41. The van der Waals surface area contributed by atoms with Gasteiger partial charge in [-0.2, -0.15) is 0 Å². The number of benzene rings is 1. The number of aromatic nitrogens is 2. The number of nitrogens with one attached hydrogen (secondary N) is 1. The minimum Gasteiger partial charge on any atom is -0.396 e. The summed E-state index contributed by atoms with van der Waals surface area (Å²) in [7, 11) is 0. The number of aliphatic hydroxyl groups excluding tert-OH is 1. The second kappa shape index (κ2) is 7.74. The molecule has 2 aromatic rings. The lowest BCUT2D eigenvalue weighted by Gasteiger charge is -2.18. The summed E-state index contributed by atoms with van der Waals surface area (Å²) >= 11 is 0. The van der Waals surface area contributed by atoms with E-state index in [9.17, 15) is 4.79 Å². The van der Waals surface area contributed by atoms with Crippen molar-refractivity contribution >= 4 is 39.7 Å². The smallest absolute Gasteiger partial charge is 0.204 e. The summed E-state index contributed by atoms with van der Waals surface area (Å²) in [5.41, 5.74) is 1.43. The molecule has 0 amide bonds. The average Bonchev–Trinajstić information content (AvgIpc) is 2.76. The van der Waals surface area contributed by atoms with Crippen LogP contribution in [0.3, 0.4) is 0 Å². The van der Waals surface area contributed by atoms with E-state index in [2.05, 4.69) is 10.3 Å². The first-order chi connectivity index (χ1) is 9.93. The molecule has 2 rings (SSSR count). The molecule has 1 heterocycles. The van der Waals surface area contributed by atoms with Crippen LogP contribution < -0.4 is 5.32 Å². The molecule has 22 heavy (non-hydrogen) atoms. The van der Waals surface area contributed by atoms with E-state index in [1.165, 1.54) is 0 Å². The average molecular weight is 370 g/mol. The molecule has 0 radical (unpaired) electrons. The number of nitrogens with zero attached hydrogens (tertiary/aromatic N) is 2. The van der Waals surface area contributed by atoms with Gasteiger partial charge >= 0.3 is 0 Å². The van der Waals surface area contributed by atoms with Gasteiger partial charge in [0.1, 0.15) is 0 Å². The third-order valence-electron chi connectivity index (χ3n) is 3.41. The van der Waals surface area contributed by atoms with Crippen LogP contribution in [0.2, 0.25) is 0 Å². The predicted octanol–water partition coefficient (Wildman–Crippen LogP) is 3.02. The van der Waals surface area contributed by atoms with E-state index in [-0.39, 0.29) is 34.8 Å². The van der Waals surface area contributed by atoms with Crippen molar-refractivity contribution in [2.45, 2.75) is 33.7 Å². The van der Waals surface area contributed by atoms with Gasteiger partial charge in [0.2, 0.25) is 5.95 Å². The van der Waals surface area contributed by atoms with Crippen LogP contribution in [-0.4, -0.2) is 33.6 Å². The molecule has 0 fully saturated rings. The minimum atomic E-state index is -0.381. The van der Waals surface area contributed by atoms with Gasteiger partial charge in [0, 0.05) is 18.6 Å². The third kappa shape index (κ3) is 4.30. The molecule has 0 aliphatic heterocycles. The van der Waals surface area contributed by atoms with Gasteiger partial charge in [-0.25, -0.2) is 4.98 Å². The van der Waals surface area contributed by atoms with Crippen LogP contribution in [0.4, 0.5) is 5.95 Å². The highest BCUT2D eigenvalue weighted by atomic mass is 79.9. The summed E-state index contributed by atoms with van der Waals surface area (Å²) in [6, 6.07) is 7.78. The topological polar surface area (TPSA) is 67.2 Å². The maximum Gasteiger partial charge on any atom is 0.204 e. The molecule has 0 unspecified atom stereocenters. The molecule has 122 valence electrons. The zero-order chi connectivity index (χ0) is 15.5. The Morgan fingerprint density at radius 2 is 2.00 bits per heavy atom. The number of fused-ring (bicyclic) bond motifs is 1. The van der Waals surface area contributed by atoms with Crippen molar-refractivity contribution in [3.8, 4) is 0 Å². The van der Waals surface area contributed by atoms with Crippen molar-refractivity contribution < 1.29 is 9.90 Å². The normalized spacial score (nSPS) is 11.3. The number of halogens is 1. The molecule has 0 saturated carbocycles. The van der Waals surface area contributed by atoms with Crippen LogP contribution in [0.5, 0.6) is 0 Å². The second-order valence-electron chi connectivity index (χ2n) is 6.19. The fourth-order valence-corrected chi connectivity index (χ4v) is 2.03. The summed E-state index contributed by atoms with van der Waals surface area (Å²) in [5, 5.41) is 12.1. The van der Waals surface area contributed by atoms with Gasteiger partial charge in [-0.15, -0.1) is 17.0 Å². The molecule has 0 aliphatic rings. The van der Waals surface area contributed by atoms with Gasteiger partial charge in [0.15, 0.2) is 5.78 Å². The van der Waals surface area contributed by atoms with Gasteiger partial charge in [-0.05, 0) is 18.6 Å². The van der Waals surface area contributed by atoms with Crippen LogP contribution in [0.1, 0.15) is 27.2 Å². The van der Waals surface area contributed by atoms with Gasteiger partial charge in [0.25, 0.3) is 0 Å². The van der Waals surface area contributed by atoms with E-state index in [0.29, 0.717) is 25.5 Å². The lowest BCUT2D eigenvalue weighted by Crippen LogP contribution is -2.25. The van der Waals surface area contributed by atoms with Crippen LogP contribution >= 0.6 is 17.0 Å². The molecular formula is C16H24BrN3O2. The first-order valence-electron chi connectivity index (χ1n) is 7.27. The summed E-state index contributed by atoms with van der Waals surface area (Å²) in [6.45, 7) is 6.83. The van der Waals surface area contributed by atoms with E-state index in [1.807, 2.05) is 49.6 Å². The fourth-order valence-electron chi connectivity index (χ4n) is 2.03. The van der Waals surface area contributed by atoms with Crippen molar-refractivity contribution in [3.05, 3.63) is 24.3 Å². The zero-order valence-electron chi connectivity index (χ0n) is 13.3. The summed E-state index contributed by atoms with van der Waals surface area (Å²) in [5.74, 6) is 0.845. The molecule has 0 spiro atoms. The predicted molar refractivity (Wildman–Crippen MR) is 94.7 cm³/mol. The van der Waals surface area contributed by atoms with Crippen molar-refractivity contribution in [2.24, 2.45) is 5.41 Å². The second-order valence-corrected chi connectivity index (χ2v) is 6.19. The van der Waals surface area contributed by atoms with E-state index in [0.717, 1.165) is 11.0 Å². The number of para-hydroxylation sites is 2. The van der Waals surface area contributed by atoms with E-state index >= 15 is 0 Å². The van der Waals surface area contributed by atoms with E-state index in [4.69, 9.17) is 5.11 Å². The number of carbonyl (C=O) groups excluding carboxylic acids is 1. The van der Waals surface area contributed by atoms with Gasteiger partial charge in [-0.1, -0.05) is 32.9 Å². The number of imidazole rings is 1. The number of ketones is 1. The van der Waals surface area contributed by atoms with Crippen LogP contribution in [0, 0.1) is 5.41 Å². The number of carbonyl (C=O) groups is 1. The van der Waals surface area contributed by atoms with Crippen molar-refractivity contribution in [1.82, 2.24) is 9.55 Å². The van der Waals surface area contributed by atoms with Crippen LogP contribution in [-0.2, 0) is 11.3 Å². The Balaban J connectivity index is 0.00000242. The molecule has 5 nitrogen and oxygen atoms in total. The zero-order valence-corrected chi connectivity index (χ0v) is 15.0. The lowest BCUT2D eigenvalue weighted by atomic mass is 9.91. The number of rotatable bonds is 6. The lowest BCUT2D eigenvalue weighted by molar-refractivity contribution is -0.126. The first-order valence-corrected chi connectivity index (χ1v) is 7.27. The van der Waals surface area contributed by atoms with Crippen molar-refractivity contribution in [1.29, 1.82) is 0 Å². The maximum absolute atomic E-state index is 12.3. The highest BCUT2D eigenvalue weighted by molar-refractivity contribution is 8.93. The number of hydrogen-bond donors (Lipinski definition) is 2. The Kier molecular flexibility index (Phi) is 6.56. The fraction of sp³-hybridized carbons (Fsp3) is 0.500. The molecule has 0 aliphatic carbocycles. The number of anilines is 1. The van der Waals surface area contributed by atoms with Crippen LogP contribution in [0.25, 0.3) is 11.0 Å². The molecule has 2 N–H and O–H groups in total. The largest absolute Gasteiger partial charge is 0.396 e. The number of Topliss-reactive ketones (excluding diaryl/α,β-unsaturated/α-hetero) is 1.